The van der Waals surface area contributed by atoms with Crippen molar-refractivity contribution in [3.8, 4) is 0 Å². The lowest BCUT2D eigenvalue weighted by Gasteiger charge is -2.07. The van der Waals surface area contributed by atoms with E-state index >= 15 is 0 Å². The Morgan fingerprint density at radius 2 is 1.87 bits per heavy atom. The smallest absolute Gasteiger partial charge is 0.306 e. The molecule has 0 aliphatic carbocycles. The molecule has 0 fully saturated rings. The number of ether oxygens (including phenoxy) is 1. The van der Waals surface area contributed by atoms with Crippen molar-refractivity contribution in [3.63, 3.8) is 0 Å². The lowest BCUT2D eigenvalue weighted by molar-refractivity contribution is -0.147. The molecule has 0 aliphatic rings. The van der Waals surface area contributed by atoms with Crippen LogP contribution in [0.3, 0.4) is 0 Å². The number of hydrogen-bond acceptors (Lipinski definition) is 3. The first kappa shape index (κ1) is 17.0. The van der Waals surface area contributed by atoms with Crippen molar-refractivity contribution in [3.05, 3.63) is 64.9 Å². The number of benzene rings is 2. The van der Waals surface area contributed by atoms with Gasteiger partial charge in [0.05, 0.1) is 5.02 Å². The van der Waals surface area contributed by atoms with Gasteiger partial charge in [0.25, 0.3) is 5.91 Å². The van der Waals surface area contributed by atoms with Crippen LogP contribution in [0.2, 0.25) is 5.02 Å². The number of hydrogen-bond donors (Lipinski definition) is 1. The van der Waals surface area contributed by atoms with E-state index in [9.17, 15) is 14.0 Å². The molecule has 2 aromatic carbocycles. The van der Waals surface area contributed by atoms with Gasteiger partial charge in [-0.25, -0.2) is 4.39 Å². The predicted molar refractivity (Wildman–Crippen MR) is 85.8 cm³/mol. The van der Waals surface area contributed by atoms with Crippen LogP contribution in [0.1, 0.15) is 12.0 Å². The second-order valence-corrected chi connectivity index (χ2v) is 5.23. The fourth-order valence-corrected chi connectivity index (χ4v) is 2.06. The normalized spacial score (nSPS) is 10.2. The van der Waals surface area contributed by atoms with Gasteiger partial charge in [0.1, 0.15) is 5.82 Å². The van der Waals surface area contributed by atoms with Crippen molar-refractivity contribution in [1.82, 2.24) is 0 Å². The summed E-state index contributed by atoms with van der Waals surface area (Å²) < 4.78 is 17.9. The molecule has 0 saturated carbocycles. The molecule has 4 nitrogen and oxygen atoms in total. The van der Waals surface area contributed by atoms with Gasteiger partial charge < -0.3 is 10.1 Å². The molecule has 1 amide bonds. The molecule has 0 bridgehead atoms. The van der Waals surface area contributed by atoms with E-state index in [0.717, 1.165) is 11.6 Å². The molecular formula is C17H15ClFNO3. The SMILES string of the molecule is O=C(COC(=O)CCc1ccccc1)Nc1ccc(F)c(Cl)c1. The van der Waals surface area contributed by atoms with Crippen LogP contribution >= 0.6 is 11.6 Å². The first-order valence-electron chi connectivity index (χ1n) is 6.99. The van der Waals surface area contributed by atoms with Crippen LogP contribution in [0.15, 0.2) is 48.5 Å². The molecule has 0 aliphatic heterocycles. The summed E-state index contributed by atoms with van der Waals surface area (Å²) in [6.07, 6.45) is 0.745. The number of esters is 1. The maximum atomic E-state index is 13.0. The lowest BCUT2D eigenvalue weighted by atomic mass is 10.1. The van der Waals surface area contributed by atoms with Gasteiger partial charge in [-0.3, -0.25) is 9.59 Å². The first-order valence-corrected chi connectivity index (χ1v) is 7.37. The molecule has 0 aromatic heterocycles. The number of carbonyl (C=O) groups excluding carboxylic acids is 2. The number of halogens is 2. The van der Waals surface area contributed by atoms with Crippen LogP contribution in [0.4, 0.5) is 10.1 Å². The average Bonchev–Trinajstić information content (AvgIpc) is 2.55. The van der Waals surface area contributed by atoms with E-state index in [-0.39, 0.29) is 11.4 Å². The van der Waals surface area contributed by atoms with Gasteiger partial charge in [-0.05, 0) is 30.2 Å². The number of rotatable bonds is 6. The Labute approximate surface area is 138 Å². The van der Waals surface area contributed by atoms with Gasteiger partial charge in [0.15, 0.2) is 6.61 Å². The summed E-state index contributed by atoms with van der Waals surface area (Å²) in [5.74, 6) is -1.54. The summed E-state index contributed by atoms with van der Waals surface area (Å²) in [7, 11) is 0. The van der Waals surface area contributed by atoms with Gasteiger partial charge in [-0.2, -0.15) is 0 Å². The molecule has 6 heteroatoms. The van der Waals surface area contributed by atoms with Crippen LogP contribution in [0, 0.1) is 5.82 Å². The Morgan fingerprint density at radius 1 is 1.13 bits per heavy atom. The summed E-state index contributed by atoms with van der Waals surface area (Å²) in [5, 5.41) is 2.38. The van der Waals surface area contributed by atoms with Crippen molar-refractivity contribution in [2.24, 2.45) is 0 Å². The highest BCUT2D eigenvalue weighted by Gasteiger charge is 2.09. The van der Waals surface area contributed by atoms with Crippen LogP contribution in [0.5, 0.6) is 0 Å². The van der Waals surface area contributed by atoms with Gasteiger partial charge in [-0.1, -0.05) is 41.9 Å². The van der Waals surface area contributed by atoms with E-state index in [0.29, 0.717) is 12.1 Å². The Hall–Kier alpha value is -2.40. The van der Waals surface area contributed by atoms with E-state index in [2.05, 4.69) is 5.32 Å². The lowest BCUT2D eigenvalue weighted by Crippen LogP contribution is -2.21. The third-order valence-electron chi connectivity index (χ3n) is 3.03. The van der Waals surface area contributed by atoms with Crippen LogP contribution < -0.4 is 5.32 Å². The maximum absolute atomic E-state index is 13.0. The van der Waals surface area contributed by atoms with Gasteiger partial charge in [0, 0.05) is 12.1 Å². The fourth-order valence-electron chi connectivity index (χ4n) is 1.88. The largest absolute Gasteiger partial charge is 0.456 e. The number of carbonyl (C=O) groups is 2. The van der Waals surface area contributed by atoms with Gasteiger partial charge in [-0.15, -0.1) is 0 Å². The molecule has 120 valence electrons. The molecule has 0 heterocycles. The van der Waals surface area contributed by atoms with Crippen molar-refractivity contribution < 1.29 is 18.7 Å². The summed E-state index contributed by atoms with van der Waals surface area (Å²) in [6.45, 7) is -0.400. The van der Waals surface area contributed by atoms with E-state index < -0.39 is 24.3 Å². The topological polar surface area (TPSA) is 55.4 Å². The summed E-state index contributed by atoms with van der Waals surface area (Å²) in [6, 6.07) is 13.3. The first-order chi connectivity index (χ1) is 11.0. The predicted octanol–water partition coefficient (Wildman–Crippen LogP) is 3.59. The molecule has 0 spiro atoms. The number of nitrogens with one attached hydrogen (secondary N) is 1. The minimum absolute atomic E-state index is 0.0948. The molecule has 2 aromatic rings. The molecule has 0 atom stereocenters. The second-order valence-electron chi connectivity index (χ2n) is 4.82. The number of anilines is 1. The molecular weight excluding hydrogens is 321 g/mol. The van der Waals surface area contributed by atoms with Crippen LogP contribution in [-0.4, -0.2) is 18.5 Å². The molecule has 2 rings (SSSR count). The highest BCUT2D eigenvalue weighted by Crippen LogP contribution is 2.19. The Morgan fingerprint density at radius 3 is 2.57 bits per heavy atom. The average molecular weight is 336 g/mol. The van der Waals surface area contributed by atoms with Crippen LogP contribution in [0.25, 0.3) is 0 Å². The van der Waals surface area contributed by atoms with E-state index in [1.165, 1.54) is 12.1 Å². The number of amides is 1. The van der Waals surface area contributed by atoms with Gasteiger partial charge in [0.2, 0.25) is 0 Å². The zero-order valence-corrected chi connectivity index (χ0v) is 13.0. The third kappa shape index (κ3) is 5.71. The van der Waals surface area contributed by atoms with E-state index in [1.807, 2.05) is 30.3 Å². The zero-order chi connectivity index (χ0) is 16.7. The molecule has 0 unspecified atom stereocenters. The van der Waals surface area contributed by atoms with Crippen molar-refractivity contribution in [2.45, 2.75) is 12.8 Å². The summed E-state index contributed by atoms with van der Waals surface area (Å²) in [4.78, 5) is 23.3. The standard InChI is InChI=1S/C17H15ClFNO3/c18-14-10-13(7-8-15(14)19)20-16(21)11-23-17(22)9-6-12-4-2-1-3-5-12/h1-5,7-8,10H,6,9,11H2,(H,20,21). The van der Waals surface area contributed by atoms with Crippen LogP contribution in [-0.2, 0) is 20.7 Å². The molecule has 1 N–H and O–H groups in total. The maximum Gasteiger partial charge on any atom is 0.306 e. The highest BCUT2D eigenvalue weighted by molar-refractivity contribution is 6.31. The third-order valence-corrected chi connectivity index (χ3v) is 3.32. The second kappa shape index (κ2) is 8.29. The van der Waals surface area contributed by atoms with E-state index in [1.54, 1.807) is 0 Å². The summed E-state index contributed by atoms with van der Waals surface area (Å²) >= 11 is 5.61. The van der Waals surface area contributed by atoms with Crippen molar-refractivity contribution >= 4 is 29.2 Å². The monoisotopic (exact) mass is 335 g/mol. The Kier molecular flexibility index (Phi) is 6.11. The molecule has 23 heavy (non-hydrogen) atoms. The minimum Gasteiger partial charge on any atom is -0.456 e. The minimum atomic E-state index is -0.572. The quantitative estimate of drug-likeness (QED) is 0.821. The van der Waals surface area contributed by atoms with Gasteiger partial charge >= 0.3 is 5.97 Å². The summed E-state index contributed by atoms with van der Waals surface area (Å²) in [5.41, 5.74) is 1.36. The zero-order valence-electron chi connectivity index (χ0n) is 12.2. The molecule has 0 saturated heterocycles. The van der Waals surface area contributed by atoms with E-state index in [4.69, 9.17) is 16.3 Å². The Balaban J connectivity index is 1.73. The van der Waals surface area contributed by atoms with Crippen molar-refractivity contribution in [2.75, 3.05) is 11.9 Å². The Bertz CT molecular complexity index is 691. The fraction of sp³-hybridized carbons (Fsp3) is 0.176. The number of aryl methyl sites for hydroxylation is 1. The van der Waals surface area contributed by atoms with Crippen molar-refractivity contribution in [1.29, 1.82) is 0 Å². The molecule has 0 radical (unpaired) electrons. The highest BCUT2D eigenvalue weighted by atomic mass is 35.5.